The van der Waals surface area contributed by atoms with E-state index in [1.54, 1.807) is 18.2 Å². The summed E-state index contributed by atoms with van der Waals surface area (Å²) in [4.78, 5) is 23.7. The van der Waals surface area contributed by atoms with Gasteiger partial charge in [0.05, 0.1) is 32.9 Å². The summed E-state index contributed by atoms with van der Waals surface area (Å²) in [6.45, 7) is -0.344. The zero-order valence-corrected chi connectivity index (χ0v) is 14.3. The summed E-state index contributed by atoms with van der Waals surface area (Å²) in [5.41, 5.74) is 0.510. The molecule has 6 nitrogen and oxygen atoms in total. The summed E-state index contributed by atoms with van der Waals surface area (Å²) in [5.74, 6) is -1.64. The van der Waals surface area contributed by atoms with Crippen LogP contribution in [0.1, 0.15) is 5.56 Å². The van der Waals surface area contributed by atoms with E-state index in [-0.39, 0.29) is 18.7 Å². The zero-order chi connectivity index (χ0) is 19.1. The molecule has 2 amide bonds. The number of carbonyl (C=O) groups excluding carboxylic acids is 2. The van der Waals surface area contributed by atoms with Crippen LogP contribution in [-0.4, -0.2) is 32.6 Å². The van der Waals surface area contributed by atoms with Gasteiger partial charge in [0.15, 0.2) is 11.5 Å². The van der Waals surface area contributed by atoms with Gasteiger partial charge >= 0.3 is 0 Å². The van der Waals surface area contributed by atoms with Crippen molar-refractivity contribution in [1.29, 1.82) is 0 Å². The van der Waals surface area contributed by atoms with Crippen LogP contribution in [-0.2, 0) is 16.0 Å². The molecule has 0 radical (unpaired) electrons. The largest absolute Gasteiger partial charge is 0.493 e. The number of hydrogen-bond acceptors (Lipinski definition) is 4. The van der Waals surface area contributed by atoms with Crippen molar-refractivity contribution >= 4 is 17.5 Å². The predicted octanol–water partition coefficient (Wildman–Crippen LogP) is 2.28. The first kappa shape index (κ1) is 19.2. The third-order valence-electron chi connectivity index (χ3n) is 3.46. The van der Waals surface area contributed by atoms with E-state index < -0.39 is 23.4 Å². The SMILES string of the molecule is COc1ccc(CC(=O)NCC(=O)Nc2ccc(F)cc2F)cc1OC. The van der Waals surface area contributed by atoms with E-state index >= 15 is 0 Å². The number of carbonyl (C=O) groups is 2. The minimum absolute atomic E-state index is 0.0263. The monoisotopic (exact) mass is 364 g/mol. The summed E-state index contributed by atoms with van der Waals surface area (Å²) in [6, 6.07) is 7.82. The van der Waals surface area contributed by atoms with E-state index in [9.17, 15) is 18.4 Å². The van der Waals surface area contributed by atoms with Gasteiger partial charge in [0, 0.05) is 6.07 Å². The Bertz CT molecular complexity index is 812. The van der Waals surface area contributed by atoms with Crippen LogP contribution in [0, 0.1) is 11.6 Å². The first-order chi connectivity index (χ1) is 12.4. The molecule has 0 fully saturated rings. The van der Waals surface area contributed by atoms with Crippen molar-refractivity contribution in [1.82, 2.24) is 5.32 Å². The van der Waals surface area contributed by atoms with Crippen molar-refractivity contribution in [2.45, 2.75) is 6.42 Å². The molecule has 8 heteroatoms. The quantitative estimate of drug-likeness (QED) is 0.790. The van der Waals surface area contributed by atoms with Gasteiger partial charge < -0.3 is 20.1 Å². The molecule has 0 spiro atoms. The molecule has 0 aromatic heterocycles. The molecule has 0 saturated carbocycles. The number of ether oxygens (including phenoxy) is 2. The molecule has 0 heterocycles. The lowest BCUT2D eigenvalue weighted by molar-refractivity contribution is -0.123. The second-order valence-corrected chi connectivity index (χ2v) is 5.32. The number of methoxy groups -OCH3 is 2. The predicted molar refractivity (Wildman–Crippen MR) is 91.2 cm³/mol. The van der Waals surface area contributed by atoms with Crippen molar-refractivity contribution in [3.05, 3.63) is 53.6 Å². The Morgan fingerprint density at radius 1 is 0.962 bits per heavy atom. The van der Waals surface area contributed by atoms with Crippen LogP contribution in [0.15, 0.2) is 36.4 Å². The highest BCUT2D eigenvalue weighted by molar-refractivity contribution is 5.94. The van der Waals surface area contributed by atoms with E-state index in [4.69, 9.17) is 9.47 Å². The van der Waals surface area contributed by atoms with Crippen molar-refractivity contribution in [2.75, 3.05) is 26.1 Å². The maximum atomic E-state index is 13.5. The molecule has 0 atom stereocenters. The number of amides is 2. The summed E-state index contributed by atoms with van der Waals surface area (Å²) in [5, 5.41) is 4.69. The fraction of sp³-hybridized carbons (Fsp3) is 0.222. The Balaban J connectivity index is 1.87. The third kappa shape index (κ3) is 5.17. The van der Waals surface area contributed by atoms with Crippen LogP contribution >= 0.6 is 0 Å². The Labute approximate surface area is 149 Å². The lowest BCUT2D eigenvalue weighted by Gasteiger charge is -2.10. The molecule has 0 bridgehead atoms. The lowest BCUT2D eigenvalue weighted by Crippen LogP contribution is -2.33. The second-order valence-electron chi connectivity index (χ2n) is 5.32. The van der Waals surface area contributed by atoms with Crippen LogP contribution < -0.4 is 20.1 Å². The second kappa shape index (κ2) is 8.80. The number of benzene rings is 2. The highest BCUT2D eigenvalue weighted by atomic mass is 19.1. The molecular formula is C18H18F2N2O4. The zero-order valence-electron chi connectivity index (χ0n) is 14.3. The van der Waals surface area contributed by atoms with E-state index in [2.05, 4.69) is 10.6 Å². The molecule has 0 aliphatic heterocycles. The first-order valence-electron chi connectivity index (χ1n) is 7.65. The molecule has 0 aliphatic rings. The highest BCUT2D eigenvalue weighted by Crippen LogP contribution is 2.27. The average molecular weight is 364 g/mol. The Morgan fingerprint density at radius 3 is 2.35 bits per heavy atom. The van der Waals surface area contributed by atoms with E-state index in [0.29, 0.717) is 23.1 Å². The van der Waals surface area contributed by atoms with Crippen LogP contribution in [0.3, 0.4) is 0 Å². The minimum Gasteiger partial charge on any atom is -0.493 e. The van der Waals surface area contributed by atoms with Crippen molar-refractivity contribution in [3.8, 4) is 11.5 Å². The summed E-state index contributed by atoms with van der Waals surface area (Å²) < 4.78 is 36.6. The van der Waals surface area contributed by atoms with Crippen molar-refractivity contribution in [3.63, 3.8) is 0 Å². The van der Waals surface area contributed by atoms with Gasteiger partial charge in [-0.05, 0) is 29.8 Å². The molecule has 2 aromatic carbocycles. The van der Waals surface area contributed by atoms with Crippen LogP contribution in [0.5, 0.6) is 11.5 Å². The fourth-order valence-corrected chi connectivity index (χ4v) is 2.20. The first-order valence-corrected chi connectivity index (χ1v) is 7.65. The Hall–Kier alpha value is -3.16. The standard InChI is InChI=1S/C18H18F2N2O4/c1-25-15-6-3-11(7-16(15)26-2)8-17(23)21-10-18(24)22-14-5-4-12(19)9-13(14)20/h3-7,9H,8,10H2,1-2H3,(H,21,23)(H,22,24). The number of halogens is 2. The summed E-state index contributed by atoms with van der Waals surface area (Å²) in [6.07, 6.45) is 0.0263. The maximum absolute atomic E-state index is 13.5. The molecule has 0 aliphatic carbocycles. The van der Waals surface area contributed by atoms with Crippen LogP contribution in [0.2, 0.25) is 0 Å². The summed E-state index contributed by atoms with van der Waals surface area (Å²) in [7, 11) is 2.99. The number of hydrogen-bond donors (Lipinski definition) is 2. The van der Waals surface area contributed by atoms with Crippen molar-refractivity contribution < 1.29 is 27.8 Å². The van der Waals surface area contributed by atoms with Gasteiger partial charge in [0.2, 0.25) is 11.8 Å². The molecule has 138 valence electrons. The molecule has 0 saturated heterocycles. The molecule has 2 aromatic rings. The minimum atomic E-state index is -0.894. The van der Waals surface area contributed by atoms with Gasteiger partial charge in [0.1, 0.15) is 11.6 Å². The molecular weight excluding hydrogens is 346 g/mol. The fourth-order valence-electron chi connectivity index (χ4n) is 2.20. The highest BCUT2D eigenvalue weighted by Gasteiger charge is 2.11. The lowest BCUT2D eigenvalue weighted by atomic mass is 10.1. The van der Waals surface area contributed by atoms with Gasteiger partial charge in [-0.25, -0.2) is 8.78 Å². The van der Waals surface area contributed by atoms with E-state index in [1.165, 1.54) is 14.2 Å². The third-order valence-corrected chi connectivity index (χ3v) is 3.46. The Morgan fingerprint density at radius 2 is 1.69 bits per heavy atom. The average Bonchev–Trinajstić information content (AvgIpc) is 2.62. The van der Waals surface area contributed by atoms with Gasteiger partial charge in [-0.2, -0.15) is 0 Å². The number of rotatable bonds is 7. The topological polar surface area (TPSA) is 76.7 Å². The molecule has 0 unspecified atom stereocenters. The number of anilines is 1. The van der Waals surface area contributed by atoms with Gasteiger partial charge in [-0.3, -0.25) is 9.59 Å². The maximum Gasteiger partial charge on any atom is 0.243 e. The molecule has 2 N–H and O–H groups in total. The normalized spacial score (nSPS) is 10.2. The van der Waals surface area contributed by atoms with Gasteiger partial charge in [-0.1, -0.05) is 6.07 Å². The van der Waals surface area contributed by atoms with Crippen LogP contribution in [0.4, 0.5) is 14.5 Å². The summed E-state index contributed by atoms with van der Waals surface area (Å²) >= 11 is 0. The molecule has 26 heavy (non-hydrogen) atoms. The van der Waals surface area contributed by atoms with Gasteiger partial charge in [-0.15, -0.1) is 0 Å². The van der Waals surface area contributed by atoms with Crippen molar-refractivity contribution in [2.24, 2.45) is 0 Å². The van der Waals surface area contributed by atoms with E-state index in [0.717, 1.165) is 12.1 Å². The number of nitrogens with one attached hydrogen (secondary N) is 2. The smallest absolute Gasteiger partial charge is 0.243 e. The van der Waals surface area contributed by atoms with Crippen LogP contribution in [0.25, 0.3) is 0 Å². The molecule has 2 rings (SSSR count). The van der Waals surface area contributed by atoms with Gasteiger partial charge in [0.25, 0.3) is 0 Å². The Kier molecular flexibility index (Phi) is 6.48. The van der Waals surface area contributed by atoms with E-state index in [1.807, 2.05) is 0 Å².